The Morgan fingerprint density at radius 1 is 0.273 bits per heavy atom. The molecule has 0 heteroatoms. The minimum atomic E-state index is -0.150. The van der Waals surface area contributed by atoms with Gasteiger partial charge in [0.15, 0.2) is 0 Å². The van der Waals surface area contributed by atoms with E-state index < -0.39 is 0 Å². The fourth-order valence-corrected chi connectivity index (χ4v) is 9.78. The van der Waals surface area contributed by atoms with E-state index in [1.807, 2.05) is 0 Å². The molecule has 11 rings (SSSR count). The van der Waals surface area contributed by atoms with Crippen molar-refractivity contribution in [2.75, 3.05) is 0 Å². The van der Waals surface area contributed by atoms with Crippen LogP contribution in [0.2, 0.25) is 0 Å². The van der Waals surface area contributed by atoms with Crippen LogP contribution in [0.4, 0.5) is 0 Å². The molecule has 0 aromatic heterocycles. The molecule has 0 spiro atoms. The normalized spacial score (nSPS) is 13.1. The molecule has 258 valence electrons. The van der Waals surface area contributed by atoms with Gasteiger partial charge in [0, 0.05) is 5.41 Å². The van der Waals surface area contributed by atoms with Crippen LogP contribution >= 0.6 is 0 Å². The Balaban J connectivity index is 1.06. The minimum Gasteiger partial charge on any atom is -0.0616 e. The van der Waals surface area contributed by atoms with Crippen LogP contribution in [-0.4, -0.2) is 0 Å². The van der Waals surface area contributed by atoms with Gasteiger partial charge >= 0.3 is 0 Å². The summed E-state index contributed by atoms with van der Waals surface area (Å²) in [6, 6.07) is 72.1. The maximum atomic E-state index is 2.43. The second-order valence-corrected chi connectivity index (χ2v) is 15.6. The second-order valence-electron chi connectivity index (χ2n) is 15.6. The first kappa shape index (κ1) is 31.7. The highest BCUT2D eigenvalue weighted by Crippen LogP contribution is 2.54. The maximum Gasteiger partial charge on any atom is 0.0171 e. The van der Waals surface area contributed by atoms with E-state index in [0.29, 0.717) is 0 Å². The lowest BCUT2D eigenvalue weighted by Gasteiger charge is -2.26. The van der Waals surface area contributed by atoms with Gasteiger partial charge in [0.25, 0.3) is 0 Å². The van der Waals surface area contributed by atoms with Gasteiger partial charge in [0.2, 0.25) is 0 Å². The van der Waals surface area contributed by atoms with Crippen molar-refractivity contribution >= 4 is 43.1 Å². The summed E-state index contributed by atoms with van der Waals surface area (Å²) in [5.41, 5.74) is 15.4. The van der Waals surface area contributed by atoms with E-state index in [2.05, 4.69) is 208 Å². The lowest BCUT2D eigenvalue weighted by molar-refractivity contribution is 0.668. The average molecular weight is 699 g/mol. The molecule has 0 bridgehead atoms. The summed E-state index contributed by atoms with van der Waals surface area (Å²) in [6.07, 6.45) is 0. The van der Waals surface area contributed by atoms with E-state index in [0.717, 1.165) is 0 Å². The summed E-state index contributed by atoms with van der Waals surface area (Å²) in [4.78, 5) is 0. The summed E-state index contributed by atoms with van der Waals surface area (Å²) >= 11 is 0. The molecule has 1 aliphatic carbocycles. The van der Waals surface area contributed by atoms with Gasteiger partial charge in [0.1, 0.15) is 0 Å². The van der Waals surface area contributed by atoms with Crippen molar-refractivity contribution in [1.82, 2.24) is 0 Å². The highest BCUT2D eigenvalue weighted by molar-refractivity contribution is 6.21. The zero-order valence-corrected chi connectivity index (χ0v) is 31.0. The molecule has 0 atom stereocenters. The molecule has 55 heavy (non-hydrogen) atoms. The van der Waals surface area contributed by atoms with Crippen molar-refractivity contribution in [3.63, 3.8) is 0 Å². The van der Waals surface area contributed by atoms with Gasteiger partial charge in [-0.3, -0.25) is 0 Å². The van der Waals surface area contributed by atoms with Crippen LogP contribution in [0, 0.1) is 0 Å². The molecule has 0 heterocycles. The van der Waals surface area contributed by atoms with E-state index in [9.17, 15) is 0 Å². The third-order valence-corrected chi connectivity index (χ3v) is 12.2. The zero-order valence-electron chi connectivity index (χ0n) is 31.0. The van der Waals surface area contributed by atoms with Gasteiger partial charge in [-0.05, 0) is 122 Å². The van der Waals surface area contributed by atoms with E-state index in [1.165, 1.54) is 110 Å². The van der Waals surface area contributed by atoms with Gasteiger partial charge < -0.3 is 0 Å². The smallest absolute Gasteiger partial charge is 0.0171 e. The lowest BCUT2D eigenvalue weighted by Crippen LogP contribution is -2.16. The molecule has 1 aliphatic rings. The summed E-state index contributed by atoms with van der Waals surface area (Å²) in [6.45, 7) is 4.82. The summed E-state index contributed by atoms with van der Waals surface area (Å²) < 4.78 is 0. The minimum absolute atomic E-state index is 0.150. The summed E-state index contributed by atoms with van der Waals surface area (Å²) in [7, 11) is 0. The first-order valence-electron chi connectivity index (χ1n) is 19.3. The van der Waals surface area contributed by atoms with Crippen molar-refractivity contribution in [2.24, 2.45) is 0 Å². The quantitative estimate of drug-likeness (QED) is 0.161. The van der Waals surface area contributed by atoms with E-state index >= 15 is 0 Å². The van der Waals surface area contributed by atoms with Crippen LogP contribution in [0.5, 0.6) is 0 Å². The first-order valence-corrected chi connectivity index (χ1v) is 19.3. The van der Waals surface area contributed by atoms with Crippen LogP contribution in [0.25, 0.3) is 98.7 Å². The number of hydrogen-bond acceptors (Lipinski definition) is 0. The Bertz CT molecular complexity index is 3100. The number of hydrogen-bond donors (Lipinski definition) is 0. The molecule has 0 aliphatic heterocycles. The first-order chi connectivity index (χ1) is 27.0. The number of fused-ring (bicyclic) bond motifs is 8. The molecular weight excluding hydrogens is 661 g/mol. The van der Waals surface area contributed by atoms with Crippen molar-refractivity contribution in [1.29, 1.82) is 0 Å². The number of benzene rings is 10. The molecule has 0 N–H and O–H groups in total. The van der Waals surface area contributed by atoms with Crippen LogP contribution in [0.3, 0.4) is 0 Å². The Kier molecular flexibility index (Phi) is 7.00. The van der Waals surface area contributed by atoms with Gasteiger partial charge in [0.05, 0.1) is 0 Å². The van der Waals surface area contributed by atoms with E-state index in [4.69, 9.17) is 0 Å². The van der Waals surface area contributed by atoms with Crippen molar-refractivity contribution < 1.29 is 0 Å². The molecule has 10 aromatic carbocycles. The molecule has 0 saturated heterocycles. The molecule has 0 saturated carbocycles. The Morgan fingerprint density at radius 2 is 0.764 bits per heavy atom. The maximum absolute atomic E-state index is 2.43. The average Bonchev–Trinajstić information content (AvgIpc) is 3.49. The predicted octanol–water partition coefficient (Wildman–Crippen LogP) is 15.3. The molecular formula is C55H38. The van der Waals surface area contributed by atoms with Crippen LogP contribution in [-0.2, 0) is 5.41 Å². The standard InChI is InChI=1S/C55H38/c1-55(2)53-43-18-6-5-14-37(43)31-32-50(53)49-24-12-23-44(54(49)55)41-16-11-17-42(34-41)52-47-21-9-7-19-45(47)51(46-20-8-10-22-48(46)52)38-28-25-36(26-29-38)40-30-27-35-13-3-4-15-39(35)33-40/h3-34H,1-2H3. The van der Waals surface area contributed by atoms with Crippen molar-refractivity contribution in [3.05, 3.63) is 205 Å². The van der Waals surface area contributed by atoms with Crippen molar-refractivity contribution in [3.8, 4) is 55.6 Å². The van der Waals surface area contributed by atoms with Crippen LogP contribution in [0.1, 0.15) is 25.0 Å². The highest BCUT2D eigenvalue weighted by atomic mass is 14.4. The molecule has 10 aromatic rings. The molecule has 0 fully saturated rings. The van der Waals surface area contributed by atoms with Gasteiger partial charge in [-0.25, -0.2) is 0 Å². The summed E-state index contributed by atoms with van der Waals surface area (Å²) in [5.74, 6) is 0. The second kappa shape index (κ2) is 12.1. The fourth-order valence-electron chi connectivity index (χ4n) is 9.78. The van der Waals surface area contributed by atoms with Gasteiger partial charge in [-0.1, -0.05) is 196 Å². The van der Waals surface area contributed by atoms with Crippen LogP contribution in [0.15, 0.2) is 194 Å². The largest absolute Gasteiger partial charge is 0.0616 e. The van der Waals surface area contributed by atoms with Gasteiger partial charge in [-0.15, -0.1) is 0 Å². The predicted molar refractivity (Wildman–Crippen MR) is 236 cm³/mol. The summed E-state index contributed by atoms with van der Waals surface area (Å²) in [5, 5.41) is 10.3. The molecule has 0 nitrogen and oxygen atoms in total. The molecule has 0 unspecified atom stereocenters. The van der Waals surface area contributed by atoms with Crippen LogP contribution < -0.4 is 0 Å². The third-order valence-electron chi connectivity index (χ3n) is 12.2. The van der Waals surface area contributed by atoms with E-state index in [-0.39, 0.29) is 5.41 Å². The monoisotopic (exact) mass is 698 g/mol. The third kappa shape index (κ3) is 4.85. The molecule has 0 amide bonds. The zero-order chi connectivity index (χ0) is 36.7. The Morgan fingerprint density at radius 3 is 1.47 bits per heavy atom. The SMILES string of the molecule is CC1(C)c2c(-c3cccc(-c4c5ccccc5c(-c5ccc(-c6ccc7ccccc7c6)cc5)c5ccccc45)c3)cccc2-c2ccc3ccccc3c21. The number of rotatable bonds is 4. The Hall–Kier alpha value is -6.76. The lowest BCUT2D eigenvalue weighted by atomic mass is 9.77. The van der Waals surface area contributed by atoms with Gasteiger partial charge in [-0.2, -0.15) is 0 Å². The topological polar surface area (TPSA) is 0 Å². The fraction of sp³-hybridized carbons (Fsp3) is 0.0545. The van der Waals surface area contributed by atoms with E-state index in [1.54, 1.807) is 0 Å². The van der Waals surface area contributed by atoms with Crippen molar-refractivity contribution in [2.45, 2.75) is 19.3 Å². The Labute approximate surface area is 322 Å². The highest BCUT2D eigenvalue weighted by Gasteiger charge is 2.38. The molecule has 0 radical (unpaired) electrons.